The second kappa shape index (κ2) is 8.94. The molecule has 1 aliphatic rings. The van der Waals surface area contributed by atoms with Crippen LogP contribution in [0.2, 0.25) is 0 Å². The van der Waals surface area contributed by atoms with Gasteiger partial charge in [-0.2, -0.15) is 4.98 Å². The first-order valence-electron chi connectivity index (χ1n) is 11.7. The maximum atomic E-state index is 13.2. The molecule has 36 heavy (non-hydrogen) atoms. The molecule has 0 unspecified atom stereocenters. The van der Waals surface area contributed by atoms with Crippen LogP contribution in [0.25, 0.3) is 22.6 Å². The van der Waals surface area contributed by atoms with Gasteiger partial charge in [-0.3, -0.25) is 18.5 Å². The number of ether oxygens (including phenoxy) is 1. The van der Waals surface area contributed by atoms with Crippen molar-refractivity contribution >= 4 is 17.1 Å². The lowest BCUT2D eigenvalue weighted by molar-refractivity contribution is 0.315. The molecule has 1 fully saturated rings. The molecule has 0 saturated carbocycles. The molecule has 1 saturated heterocycles. The molecule has 4 heterocycles. The third-order valence-corrected chi connectivity index (χ3v) is 6.92. The van der Waals surface area contributed by atoms with Gasteiger partial charge in [-0.05, 0) is 45.1 Å². The zero-order valence-electron chi connectivity index (χ0n) is 21.3. The van der Waals surface area contributed by atoms with Crippen LogP contribution in [0.1, 0.15) is 17.9 Å². The van der Waals surface area contributed by atoms with Gasteiger partial charge in [-0.25, -0.2) is 4.79 Å². The summed E-state index contributed by atoms with van der Waals surface area (Å²) in [5.41, 5.74) is 1.54. The summed E-state index contributed by atoms with van der Waals surface area (Å²) in [6.45, 7) is 3.63. The van der Waals surface area contributed by atoms with Crippen LogP contribution in [0.15, 0.2) is 32.2 Å². The Kier molecular flexibility index (Phi) is 5.91. The molecule has 3 aromatic heterocycles. The summed E-state index contributed by atoms with van der Waals surface area (Å²) in [5, 5.41) is 8.47. The van der Waals surface area contributed by atoms with Gasteiger partial charge in [-0.15, -0.1) is 10.2 Å². The van der Waals surface area contributed by atoms with Crippen molar-refractivity contribution in [2.75, 3.05) is 39.2 Å². The van der Waals surface area contributed by atoms with Gasteiger partial charge in [0.25, 0.3) is 5.56 Å². The highest BCUT2D eigenvalue weighted by molar-refractivity contribution is 5.75. The first-order chi connectivity index (χ1) is 17.2. The van der Waals surface area contributed by atoms with Crippen molar-refractivity contribution in [3.8, 4) is 17.2 Å². The molecule has 12 nitrogen and oxygen atoms in total. The van der Waals surface area contributed by atoms with Gasteiger partial charge in [0.15, 0.2) is 11.2 Å². The quantitative estimate of drug-likeness (QED) is 0.387. The molecule has 1 aromatic carbocycles. The summed E-state index contributed by atoms with van der Waals surface area (Å²) < 4.78 is 15.7. The van der Waals surface area contributed by atoms with E-state index in [1.54, 1.807) is 18.7 Å². The van der Waals surface area contributed by atoms with E-state index in [0.29, 0.717) is 34.9 Å². The second-order valence-corrected chi connectivity index (χ2v) is 9.41. The molecule has 5 rings (SSSR count). The summed E-state index contributed by atoms with van der Waals surface area (Å²) in [5.74, 6) is 2.00. The topological polar surface area (TPSA) is 116 Å². The van der Waals surface area contributed by atoms with Crippen molar-refractivity contribution in [1.29, 1.82) is 0 Å². The highest BCUT2D eigenvalue weighted by Gasteiger charge is 2.30. The van der Waals surface area contributed by atoms with E-state index in [9.17, 15) is 9.59 Å². The molecule has 1 atom stereocenters. The number of fused-ring (bicyclic) bond motifs is 1. The third-order valence-electron chi connectivity index (χ3n) is 6.92. The largest absolute Gasteiger partial charge is 0.496 e. The van der Waals surface area contributed by atoms with Crippen LogP contribution in [0.5, 0.6) is 5.75 Å². The fourth-order valence-corrected chi connectivity index (χ4v) is 4.69. The Morgan fingerprint density at radius 1 is 1.17 bits per heavy atom. The van der Waals surface area contributed by atoms with Crippen LogP contribution in [-0.4, -0.2) is 74.1 Å². The van der Waals surface area contributed by atoms with E-state index in [1.165, 1.54) is 11.6 Å². The average Bonchev–Trinajstić information content (AvgIpc) is 3.61. The second-order valence-electron chi connectivity index (χ2n) is 9.41. The monoisotopic (exact) mass is 494 g/mol. The van der Waals surface area contributed by atoms with E-state index in [4.69, 9.17) is 14.1 Å². The lowest BCUT2D eigenvalue weighted by atomic mass is 10.1. The number of imidazole rings is 1. The van der Waals surface area contributed by atoms with E-state index < -0.39 is 11.2 Å². The number of hydrogen-bond acceptors (Lipinski definition) is 9. The van der Waals surface area contributed by atoms with Crippen molar-refractivity contribution in [3.05, 3.63) is 50.5 Å². The number of aromatic nitrogens is 6. The van der Waals surface area contributed by atoms with Gasteiger partial charge in [0.2, 0.25) is 17.7 Å². The molecular weight excluding hydrogens is 464 g/mol. The minimum atomic E-state index is -0.426. The number of hydrogen-bond donors (Lipinski definition) is 0. The summed E-state index contributed by atoms with van der Waals surface area (Å²) in [7, 11) is 8.80. The standard InChI is InChI=1S/C24H30N8O4/c1-14-7-8-15(11-17(14)35-6)21-27-26-18(36-21)13-32-19-20(29(4)24(34)30(5)22(19)33)25-23(32)31-10-9-16(12-31)28(2)3/h7-8,11,16H,9-10,12-13H2,1-6H3/t16-/m1/s1. The molecule has 0 amide bonds. The lowest BCUT2D eigenvalue weighted by Gasteiger charge is -2.21. The van der Waals surface area contributed by atoms with Gasteiger partial charge < -0.3 is 19.0 Å². The van der Waals surface area contributed by atoms with Crippen molar-refractivity contribution < 1.29 is 9.15 Å². The van der Waals surface area contributed by atoms with Crippen molar-refractivity contribution in [2.45, 2.75) is 25.9 Å². The molecule has 0 bridgehead atoms. The van der Waals surface area contributed by atoms with Crippen molar-refractivity contribution in [3.63, 3.8) is 0 Å². The average molecular weight is 495 g/mol. The maximum absolute atomic E-state index is 13.2. The molecule has 190 valence electrons. The smallest absolute Gasteiger partial charge is 0.332 e. The van der Waals surface area contributed by atoms with Gasteiger partial charge in [0.1, 0.15) is 12.3 Å². The SMILES string of the molecule is COc1cc(-c2nnc(Cn3c(N4CC[C@@H](N(C)C)C4)nc4c3c(=O)n(C)c(=O)n4C)o2)ccc1C. The molecule has 0 N–H and O–H groups in total. The highest BCUT2D eigenvalue weighted by Crippen LogP contribution is 2.28. The first-order valence-corrected chi connectivity index (χ1v) is 11.7. The minimum Gasteiger partial charge on any atom is -0.496 e. The van der Waals surface area contributed by atoms with Crippen LogP contribution in [-0.2, 0) is 20.6 Å². The molecular formula is C24H30N8O4. The Bertz CT molecular complexity index is 1560. The number of nitrogens with zero attached hydrogens (tertiary/aromatic N) is 8. The number of benzene rings is 1. The van der Waals surface area contributed by atoms with Gasteiger partial charge in [-0.1, -0.05) is 6.07 Å². The van der Waals surface area contributed by atoms with E-state index in [-0.39, 0.29) is 6.54 Å². The zero-order chi connectivity index (χ0) is 25.7. The van der Waals surface area contributed by atoms with Crippen molar-refractivity contribution in [1.82, 2.24) is 33.8 Å². The van der Waals surface area contributed by atoms with Crippen molar-refractivity contribution in [2.24, 2.45) is 14.1 Å². The highest BCUT2D eigenvalue weighted by atomic mass is 16.5. The Morgan fingerprint density at radius 2 is 1.94 bits per heavy atom. The summed E-state index contributed by atoms with van der Waals surface area (Å²) in [6, 6.07) is 6.03. The van der Waals surface area contributed by atoms with Gasteiger partial charge >= 0.3 is 5.69 Å². The molecule has 0 spiro atoms. The van der Waals surface area contributed by atoms with Crippen LogP contribution in [0.4, 0.5) is 5.95 Å². The van der Waals surface area contributed by atoms with Gasteiger partial charge in [0.05, 0.1) is 7.11 Å². The fourth-order valence-electron chi connectivity index (χ4n) is 4.69. The normalized spacial score (nSPS) is 16.0. The van der Waals surface area contributed by atoms with E-state index in [0.717, 1.165) is 41.0 Å². The Labute approximate surface area is 207 Å². The van der Waals surface area contributed by atoms with Crippen LogP contribution in [0.3, 0.4) is 0 Å². The number of anilines is 1. The number of aryl methyl sites for hydroxylation is 2. The number of rotatable bonds is 6. The van der Waals surface area contributed by atoms with Crippen LogP contribution >= 0.6 is 0 Å². The molecule has 0 radical (unpaired) electrons. The Balaban J connectivity index is 1.60. The van der Waals surface area contributed by atoms with E-state index >= 15 is 0 Å². The predicted molar refractivity (Wildman–Crippen MR) is 135 cm³/mol. The molecule has 12 heteroatoms. The molecule has 1 aliphatic heterocycles. The van der Waals surface area contributed by atoms with E-state index in [1.807, 2.05) is 25.1 Å². The summed E-state index contributed by atoms with van der Waals surface area (Å²) in [6.07, 6.45) is 0.965. The first kappa shape index (κ1) is 23.8. The van der Waals surface area contributed by atoms with Crippen LogP contribution in [0, 0.1) is 6.92 Å². The number of methoxy groups -OCH3 is 1. The Morgan fingerprint density at radius 3 is 2.64 bits per heavy atom. The number of likely N-dealkylation sites (N-methyl/N-ethyl adjacent to an activating group) is 1. The van der Waals surface area contributed by atoms with E-state index in [2.05, 4.69) is 34.1 Å². The predicted octanol–water partition coefficient (Wildman–Crippen LogP) is 0.989. The zero-order valence-corrected chi connectivity index (χ0v) is 21.3. The lowest BCUT2D eigenvalue weighted by Crippen LogP contribution is -2.37. The fraction of sp³-hybridized carbons (Fsp3) is 0.458. The van der Waals surface area contributed by atoms with Crippen LogP contribution < -0.4 is 20.9 Å². The molecule has 4 aromatic rings. The maximum Gasteiger partial charge on any atom is 0.332 e. The summed E-state index contributed by atoms with van der Waals surface area (Å²) in [4.78, 5) is 34.9. The van der Waals surface area contributed by atoms with Gasteiger partial charge in [0, 0.05) is 38.8 Å². The summed E-state index contributed by atoms with van der Waals surface area (Å²) >= 11 is 0. The third kappa shape index (κ3) is 3.87. The molecule has 0 aliphatic carbocycles. The minimum absolute atomic E-state index is 0.137. The Hall–Kier alpha value is -3.93.